The Bertz CT molecular complexity index is 765. The average Bonchev–Trinajstić information content (AvgIpc) is 3.00. The Morgan fingerprint density at radius 3 is 2.78 bits per heavy atom. The van der Waals surface area contributed by atoms with Crippen LogP contribution < -0.4 is 0 Å². The summed E-state index contributed by atoms with van der Waals surface area (Å²) in [6.45, 7) is 6.98. The molecule has 0 aliphatic carbocycles. The van der Waals surface area contributed by atoms with Crippen molar-refractivity contribution in [3.63, 3.8) is 0 Å². The van der Waals surface area contributed by atoms with Crippen LogP contribution in [0.15, 0.2) is 28.8 Å². The summed E-state index contributed by atoms with van der Waals surface area (Å²) in [6.07, 6.45) is 1.68. The van der Waals surface area contributed by atoms with Crippen LogP contribution in [0.2, 0.25) is 0 Å². The van der Waals surface area contributed by atoms with Crippen molar-refractivity contribution >= 4 is 5.91 Å². The zero-order valence-electron chi connectivity index (χ0n) is 13.4. The number of carbonyl (C=O) groups is 1. The van der Waals surface area contributed by atoms with Crippen LogP contribution in [0.4, 0.5) is 0 Å². The molecule has 0 unspecified atom stereocenters. The lowest BCUT2D eigenvalue weighted by atomic mass is 9.82. The second kappa shape index (κ2) is 5.84. The van der Waals surface area contributed by atoms with E-state index in [1.807, 2.05) is 39.0 Å². The third-order valence-corrected chi connectivity index (χ3v) is 3.66. The molecule has 23 heavy (non-hydrogen) atoms. The summed E-state index contributed by atoms with van der Waals surface area (Å²) in [5, 5.41) is 8.18. The van der Waals surface area contributed by atoms with Gasteiger partial charge in [0.25, 0.3) is 11.8 Å². The summed E-state index contributed by atoms with van der Waals surface area (Å²) in [5.41, 5.74) is 0.319. The quantitative estimate of drug-likeness (QED) is 0.792. The maximum Gasteiger partial charge on any atom is 0.298 e. The van der Waals surface area contributed by atoms with Crippen LogP contribution in [0.1, 0.15) is 26.7 Å². The predicted octanol–water partition coefficient (Wildman–Crippen LogP) is 1.89. The van der Waals surface area contributed by atoms with Gasteiger partial charge in [0, 0.05) is 25.2 Å². The van der Waals surface area contributed by atoms with Gasteiger partial charge >= 0.3 is 0 Å². The lowest BCUT2D eigenvalue weighted by Crippen LogP contribution is -2.59. The molecule has 0 saturated carbocycles. The molecule has 0 radical (unpaired) electrons. The van der Waals surface area contributed by atoms with E-state index in [0.717, 1.165) is 0 Å². The molecule has 0 bridgehead atoms. The maximum atomic E-state index is 12.0. The van der Waals surface area contributed by atoms with Gasteiger partial charge in [0.2, 0.25) is 5.89 Å². The number of likely N-dealkylation sites (tertiary alicyclic amines) is 1. The molecule has 2 aromatic heterocycles. The van der Waals surface area contributed by atoms with E-state index in [1.54, 1.807) is 11.1 Å². The van der Waals surface area contributed by atoms with Crippen LogP contribution >= 0.6 is 0 Å². The van der Waals surface area contributed by atoms with Gasteiger partial charge in [-0.25, -0.2) is 0 Å². The van der Waals surface area contributed by atoms with Gasteiger partial charge in [0.05, 0.1) is 5.41 Å². The van der Waals surface area contributed by atoms with Crippen LogP contribution in [-0.2, 0) is 10.2 Å². The summed E-state index contributed by atoms with van der Waals surface area (Å²) in [4.78, 5) is 17.8. The summed E-state index contributed by atoms with van der Waals surface area (Å²) >= 11 is 0. The number of amides is 1. The van der Waals surface area contributed by atoms with Crippen molar-refractivity contribution in [1.29, 1.82) is 0 Å². The molecule has 3 rings (SSSR count). The maximum absolute atomic E-state index is 12.0. The fourth-order valence-corrected chi connectivity index (χ4v) is 2.42. The molecule has 1 fully saturated rings. The Morgan fingerprint density at radius 2 is 2.13 bits per heavy atom. The highest BCUT2D eigenvalue weighted by Crippen LogP contribution is 2.34. The largest absolute Gasteiger partial charge is 0.419 e. The van der Waals surface area contributed by atoms with Crippen molar-refractivity contribution in [3.05, 3.63) is 30.3 Å². The standard InChI is InChI=1S/C17H18N4O2/c1-12(2)7-8-14(22)21-10-17(3,11-21)16-20-19-15(23-16)13-6-4-5-9-18-13/h4-6,9,12H,10-11H2,1-3H3. The molecule has 6 nitrogen and oxygen atoms in total. The number of nitrogens with zero attached hydrogens (tertiary/aromatic N) is 4. The van der Waals surface area contributed by atoms with E-state index >= 15 is 0 Å². The Kier molecular flexibility index (Phi) is 3.87. The van der Waals surface area contributed by atoms with Crippen molar-refractivity contribution in [3.8, 4) is 23.4 Å². The normalized spacial score (nSPS) is 15.7. The summed E-state index contributed by atoms with van der Waals surface area (Å²) in [5.74, 6) is 6.50. The van der Waals surface area contributed by atoms with E-state index in [9.17, 15) is 4.79 Å². The molecule has 1 amide bonds. The van der Waals surface area contributed by atoms with Crippen molar-refractivity contribution in [1.82, 2.24) is 20.1 Å². The second-order valence-electron chi connectivity index (χ2n) is 6.27. The van der Waals surface area contributed by atoms with E-state index in [4.69, 9.17) is 4.42 Å². The monoisotopic (exact) mass is 310 g/mol. The third-order valence-electron chi connectivity index (χ3n) is 3.66. The van der Waals surface area contributed by atoms with Crippen LogP contribution in [-0.4, -0.2) is 39.1 Å². The smallest absolute Gasteiger partial charge is 0.298 e. The Balaban J connectivity index is 1.69. The van der Waals surface area contributed by atoms with Crippen molar-refractivity contribution in [2.24, 2.45) is 5.92 Å². The minimum atomic E-state index is -0.324. The number of hydrogen-bond acceptors (Lipinski definition) is 5. The fourth-order valence-electron chi connectivity index (χ4n) is 2.42. The summed E-state index contributed by atoms with van der Waals surface area (Å²) < 4.78 is 5.74. The van der Waals surface area contributed by atoms with Crippen molar-refractivity contribution in [2.75, 3.05) is 13.1 Å². The van der Waals surface area contributed by atoms with Gasteiger partial charge < -0.3 is 9.32 Å². The van der Waals surface area contributed by atoms with E-state index in [-0.39, 0.29) is 17.2 Å². The van der Waals surface area contributed by atoms with Crippen LogP contribution in [0.25, 0.3) is 11.6 Å². The lowest BCUT2D eigenvalue weighted by molar-refractivity contribution is -0.132. The van der Waals surface area contributed by atoms with Gasteiger partial charge in [-0.05, 0) is 25.0 Å². The van der Waals surface area contributed by atoms with E-state index in [0.29, 0.717) is 30.6 Å². The summed E-state index contributed by atoms with van der Waals surface area (Å²) in [7, 11) is 0. The molecular formula is C17H18N4O2. The molecule has 6 heteroatoms. The Labute approximate surface area is 134 Å². The number of hydrogen-bond donors (Lipinski definition) is 0. The first-order valence-electron chi connectivity index (χ1n) is 7.54. The van der Waals surface area contributed by atoms with Crippen molar-refractivity contribution < 1.29 is 9.21 Å². The molecular weight excluding hydrogens is 292 g/mol. The topological polar surface area (TPSA) is 72.1 Å². The fraction of sp³-hybridized carbons (Fsp3) is 0.412. The molecule has 1 saturated heterocycles. The van der Waals surface area contributed by atoms with Crippen LogP contribution in [0, 0.1) is 17.8 Å². The predicted molar refractivity (Wildman–Crippen MR) is 84.1 cm³/mol. The van der Waals surface area contributed by atoms with Crippen LogP contribution in [0.5, 0.6) is 0 Å². The minimum Gasteiger partial charge on any atom is -0.419 e. The first kappa shape index (κ1) is 15.2. The SMILES string of the molecule is CC(C)C#CC(=O)N1CC(C)(c2nnc(-c3ccccn3)o2)C1. The second-order valence-corrected chi connectivity index (χ2v) is 6.27. The minimum absolute atomic E-state index is 0.152. The number of carbonyl (C=O) groups excluding carboxylic acids is 1. The lowest BCUT2D eigenvalue weighted by Gasteiger charge is -2.44. The van der Waals surface area contributed by atoms with Gasteiger partial charge in [-0.15, -0.1) is 10.2 Å². The zero-order chi connectivity index (χ0) is 16.4. The zero-order valence-corrected chi connectivity index (χ0v) is 13.4. The first-order valence-corrected chi connectivity index (χ1v) is 7.54. The molecule has 0 atom stereocenters. The highest BCUT2D eigenvalue weighted by molar-refractivity contribution is 5.94. The van der Waals surface area contributed by atoms with Gasteiger partial charge in [-0.3, -0.25) is 9.78 Å². The van der Waals surface area contributed by atoms with Gasteiger partial charge in [0.1, 0.15) is 5.69 Å². The van der Waals surface area contributed by atoms with E-state index in [1.165, 1.54) is 0 Å². The van der Waals surface area contributed by atoms with E-state index in [2.05, 4.69) is 27.0 Å². The molecule has 0 spiro atoms. The third kappa shape index (κ3) is 3.09. The van der Waals surface area contributed by atoms with Gasteiger partial charge in [-0.2, -0.15) is 0 Å². The highest BCUT2D eigenvalue weighted by Gasteiger charge is 2.46. The number of pyridine rings is 1. The molecule has 0 aromatic carbocycles. The number of rotatable bonds is 2. The summed E-state index contributed by atoms with van der Waals surface area (Å²) in [6, 6.07) is 5.51. The molecule has 0 N–H and O–H groups in total. The number of aromatic nitrogens is 3. The van der Waals surface area contributed by atoms with Crippen molar-refractivity contribution in [2.45, 2.75) is 26.2 Å². The first-order chi connectivity index (χ1) is 11.0. The molecule has 118 valence electrons. The highest BCUT2D eigenvalue weighted by atomic mass is 16.4. The molecule has 2 aromatic rings. The van der Waals surface area contributed by atoms with Gasteiger partial charge in [0.15, 0.2) is 0 Å². The molecule has 1 aliphatic heterocycles. The average molecular weight is 310 g/mol. The Hall–Kier alpha value is -2.68. The van der Waals surface area contributed by atoms with E-state index < -0.39 is 0 Å². The van der Waals surface area contributed by atoms with Gasteiger partial charge in [-0.1, -0.05) is 25.8 Å². The molecule has 3 heterocycles. The molecule has 1 aliphatic rings. The van der Waals surface area contributed by atoms with Crippen LogP contribution in [0.3, 0.4) is 0 Å². The Morgan fingerprint density at radius 1 is 1.35 bits per heavy atom.